The van der Waals surface area contributed by atoms with Gasteiger partial charge in [0.15, 0.2) is 11.5 Å². The van der Waals surface area contributed by atoms with Crippen LogP contribution in [0.3, 0.4) is 0 Å². The second-order valence-electron chi connectivity index (χ2n) is 12.8. The zero-order valence-electron chi connectivity index (χ0n) is 25.0. The van der Waals surface area contributed by atoms with Gasteiger partial charge in [-0.2, -0.15) is 0 Å². The van der Waals surface area contributed by atoms with Gasteiger partial charge in [0.2, 0.25) is 5.91 Å². The number of aromatic nitrogens is 3. The zero-order valence-corrected chi connectivity index (χ0v) is 25.0. The molecule has 2 N–H and O–H groups in total. The predicted molar refractivity (Wildman–Crippen MR) is 158 cm³/mol. The number of anilines is 1. The van der Waals surface area contributed by atoms with Crippen molar-refractivity contribution in [2.24, 2.45) is 0 Å². The molecule has 10 nitrogen and oxygen atoms in total. The van der Waals surface area contributed by atoms with Gasteiger partial charge in [0.1, 0.15) is 12.4 Å². The SMILES string of the molecule is C[C@@H]1CN(CC(=O)N2CC(C)(C)c3c2cc(Cc2ccc(F)cc2)c2nc(CO)nn32)[C@@H](CN2CCOC[C@H]2C)CN1. The van der Waals surface area contributed by atoms with Gasteiger partial charge in [0.05, 0.1) is 31.1 Å². The third-order valence-corrected chi connectivity index (χ3v) is 8.95. The van der Waals surface area contributed by atoms with Gasteiger partial charge in [-0.1, -0.05) is 26.0 Å². The lowest BCUT2D eigenvalue weighted by molar-refractivity contribution is -0.121. The second-order valence-corrected chi connectivity index (χ2v) is 12.8. The normalized spacial score (nSPS) is 24.8. The van der Waals surface area contributed by atoms with Gasteiger partial charge < -0.3 is 20.1 Å². The standard InChI is InChI=1S/C31H42FN7O3/c1-20-14-37(25(13-33-20)15-36-9-10-42-18-21(36)2)16-28(41)38-19-31(3,4)29-26(38)12-23(11-22-5-7-24(32)8-6-22)30-34-27(17-40)35-39(29)30/h5-8,12,20-21,25,33,40H,9-11,13-19H2,1-4H3/t20-,21-,25-/m1/s1. The maximum atomic E-state index is 14.2. The molecule has 2 fully saturated rings. The van der Waals surface area contributed by atoms with Crippen molar-refractivity contribution in [3.05, 3.63) is 58.8 Å². The molecule has 0 unspecified atom stereocenters. The molecule has 3 aliphatic heterocycles. The summed E-state index contributed by atoms with van der Waals surface area (Å²) in [6.07, 6.45) is 0.498. The molecule has 11 heteroatoms. The molecule has 3 aliphatic rings. The second kappa shape index (κ2) is 11.6. The van der Waals surface area contributed by atoms with E-state index in [0.717, 1.165) is 61.9 Å². The van der Waals surface area contributed by atoms with Crippen molar-refractivity contribution in [3.63, 3.8) is 0 Å². The van der Waals surface area contributed by atoms with Gasteiger partial charge in [-0.25, -0.2) is 13.9 Å². The number of nitrogens with zero attached hydrogens (tertiary/aromatic N) is 6. The summed E-state index contributed by atoms with van der Waals surface area (Å²) >= 11 is 0. The molecule has 2 saturated heterocycles. The number of pyridine rings is 1. The van der Waals surface area contributed by atoms with Gasteiger partial charge in [-0.05, 0) is 37.6 Å². The summed E-state index contributed by atoms with van der Waals surface area (Å²) in [6, 6.07) is 9.34. The summed E-state index contributed by atoms with van der Waals surface area (Å²) in [6.45, 7) is 14.1. The van der Waals surface area contributed by atoms with Crippen LogP contribution in [0.1, 0.15) is 50.3 Å². The van der Waals surface area contributed by atoms with Crippen molar-refractivity contribution >= 4 is 17.2 Å². The highest BCUT2D eigenvalue weighted by Gasteiger charge is 2.42. The fourth-order valence-electron chi connectivity index (χ4n) is 6.73. The molecule has 3 aromatic rings. The van der Waals surface area contributed by atoms with Crippen LogP contribution in [0.15, 0.2) is 30.3 Å². The molecule has 0 aliphatic carbocycles. The molecule has 1 aromatic carbocycles. The Morgan fingerprint density at radius 1 is 1.21 bits per heavy atom. The number of nitrogens with one attached hydrogen (secondary N) is 1. The summed E-state index contributed by atoms with van der Waals surface area (Å²) in [5.41, 5.74) is 3.81. The number of fused-ring (bicyclic) bond motifs is 3. The van der Waals surface area contributed by atoms with E-state index in [-0.39, 0.29) is 29.8 Å². The highest BCUT2D eigenvalue weighted by atomic mass is 19.1. The molecule has 6 rings (SSSR count). The van der Waals surface area contributed by atoms with Crippen molar-refractivity contribution in [3.8, 4) is 0 Å². The lowest BCUT2D eigenvalue weighted by Crippen LogP contribution is -2.62. The minimum absolute atomic E-state index is 0.0607. The summed E-state index contributed by atoms with van der Waals surface area (Å²) < 4.78 is 21.1. The Bertz CT molecular complexity index is 1440. The van der Waals surface area contributed by atoms with Crippen LogP contribution in [0.4, 0.5) is 10.1 Å². The summed E-state index contributed by atoms with van der Waals surface area (Å²) in [5.74, 6) is 0.106. The van der Waals surface area contributed by atoms with E-state index in [9.17, 15) is 14.3 Å². The molecular weight excluding hydrogens is 537 g/mol. The average molecular weight is 580 g/mol. The zero-order chi connectivity index (χ0) is 29.6. The van der Waals surface area contributed by atoms with Crippen LogP contribution in [0.2, 0.25) is 0 Å². The minimum Gasteiger partial charge on any atom is -0.388 e. The van der Waals surface area contributed by atoms with Crippen LogP contribution < -0.4 is 10.2 Å². The maximum Gasteiger partial charge on any atom is 0.241 e. The third kappa shape index (κ3) is 5.68. The number of amides is 1. The molecule has 2 aromatic heterocycles. The number of aliphatic hydroxyl groups is 1. The van der Waals surface area contributed by atoms with E-state index < -0.39 is 0 Å². The molecule has 1 amide bonds. The smallest absolute Gasteiger partial charge is 0.241 e. The number of morpholine rings is 1. The number of aliphatic hydroxyl groups excluding tert-OH is 1. The molecule has 0 saturated carbocycles. The van der Waals surface area contributed by atoms with Crippen LogP contribution in [0.5, 0.6) is 0 Å². The number of hydrogen-bond acceptors (Lipinski definition) is 8. The molecular formula is C31H42FN7O3. The Hall–Kier alpha value is -2.96. The first kappa shape index (κ1) is 29.1. The highest BCUT2D eigenvalue weighted by Crippen LogP contribution is 2.42. The van der Waals surface area contributed by atoms with Gasteiger partial charge >= 0.3 is 0 Å². The first-order valence-corrected chi connectivity index (χ1v) is 15.0. The summed E-state index contributed by atoms with van der Waals surface area (Å²) in [5, 5.41) is 18.1. The largest absolute Gasteiger partial charge is 0.388 e. The number of hydrogen-bond donors (Lipinski definition) is 2. The lowest BCUT2D eigenvalue weighted by Gasteiger charge is -2.43. The Kier molecular flexibility index (Phi) is 8.05. The van der Waals surface area contributed by atoms with E-state index in [0.29, 0.717) is 43.1 Å². The molecule has 5 heterocycles. The number of benzene rings is 1. The van der Waals surface area contributed by atoms with Crippen LogP contribution in [-0.4, -0.2) is 106 Å². The Balaban J connectivity index is 1.31. The number of piperazine rings is 1. The van der Waals surface area contributed by atoms with Crippen LogP contribution in [-0.2, 0) is 28.0 Å². The Morgan fingerprint density at radius 3 is 2.74 bits per heavy atom. The first-order chi connectivity index (χ1) is 20.1. The van der Waals surface area contributed by atoms with Crippen LogP contribution >= 0.6 is 0 Å². The van der Waals surface area contributed by atoms with E-state index in [2.05, 4.69) is 52.9 Å². The van der Waals surface area contributed by atoms with E-state index in [4.69, 9.17) is 4.74 Å². The lowest BCUT2D eigenvalue weighted by atomic mass is 9.90. The molecule has 3 atom stereocenters. The quantitative estimate of drug-likeness (QED) is 0.439. The Labute approximate surface area is 246 Å². The number of carbonyl (C=O) groups is 1. The predicted octanol–water partition coefficient (Wildman–Crippen LogP) is 1.96. The van der Waals surface area contributed by atoms with Crippen molar-refractivity contribution in [2.45, 2.75) is 64.3 Å². The van der Waals surface area contributed by atoms with E-state index >= 15 is 0 Å². The average Bonchev–Trinajstić information content (AvgIpc) is 3.51. The Morgan fingerprint density at radius 2 is 2.00 bits per heavy atom. The molecule has 42 heavy (non-hydrogen) atoms. The van der Waals surface area contributed by atoms with Crippen molar-refractivity contribution in [1.82, 2.24) is 29.7 Å². The van der Waals surface area contributed by atoms with Gasteiger partial charge in [-0.15, -0.1) is 5.10 Å². The molecule has 226 valence electrons. The molecule has 0 spiro atoms. The van der Waals surface area contributed by atoms with E-state index in [1.165, 1.54) is 12.1 Å². The minimum atomic E-state index is -0.378. The van der Waals surface area contributed by atoms with Gasteiger partial charge in [0.25, 0.3) is 0 Å². The fraction of sp³-hybridized carbons (Fsp3) is 0.581. The number of ether oxygens (including phenoxy) is 1. The van der Waals surface area contributed by atoms with Crippen LogP contribution in [0.25, 0.3) is 5.65 Å². The van der Waals surface area contributed by atoms with Crippen LogP contribution in [0, 0.1) is 5.82 Å². The summed E-state index contributed by atoms with van der Waals surface area (Å²) in [4.78, 5) is 25.5. The van der Waals surface area contributed by atoms with E-state index in [1.807, 2.05) is 15.5 Å². The molecule has 0 radical (unpaired) electrons. The van der Waals surface area contributed by atoms with Gasteiger partial charge in [0, 0.05) is 68.2 Å². The topological polar surface area (TPSA) is 98.5 Å². The number of rotatable bonds is 7. The monoisotopic (exact) mass is 579 g/mol. The van der Waals surface area contributed by atoms with E-state index in [1.54, 1.807) is 12.1 Å². The van der Waals surface area contributed by atoms with Crippen molar-refractivity contribution in [2.75, 3.05) is 57.4 Å². The van der Waals surface area contributed by atoms with Crippen molar-refractivity contribution < 1.29 is 19.0 Å². The molecule has 0 bridgehead atoms. The maximum absolute atomic E-state index is 14.2. The first-order valence-electron chi connectivity index (χ1n) is 15.0. The fourth-order valence-corrected chi connectivity index (χ4v) is 6.73. The highest BCUT2D eigenvalue weighted by molar-refractivity contribution is 5.97. The third-order valence-electron chi connectivity index (χ3n) is 8.95. The van der Waals surface area contributed by atoms with Gasteiger partial charge in [-0.3, -0.25) is 14.6 Å². The number of carbonyl (C=O) groups excluding carboxylic acids is 1. The summed E-state index contributed by atoms with van der Waals surface area (Å²) in [7, 11) is 0. The van der Waals surface area contributed by atoms with Crippen molar-refractivity contribution in [1.29, 1.82) is 0 Å². The number of halogens is 1.